The van der Waals surface area contributed by atoms with Gasteiger partial charge in [-0.3, -0.25) is 0 Å². The molecule has 27 heavy (non-hydrogen) atoms. The third kappa shape index (κ3) is 7.33. The molecule has 0 spiro atoms. The van der Waals surface area contributed by atoms with Gasteiger partial charge in [0.15, 0.2) is 0 Å². The number of hydrogen-bond acceptors (Lipinski definition) is 3. The molecular weight excluding hydrogens is 330 g/mol. The molecule has 0 saturated heterocycles. The van der Waals surface area contributed by atoms with Gasteiger partial charge in [0, 0.05) is 34.7 Å². The average Bonchev–Trinajstić information content (AvgIpc) is 3.13. The van der Waals surface area contributed by atoms with Crippen molar-refractivity contribution in [3.05, 3.63) is 0 Å². The molecule has 0 aromatic rings. The van der Waals surface area contributed by atoms with Crippen molar-refractivity contribution in [2.45, 2.75) is 141 Å². The lowest BCUT2D eigenvalue weighted by atomic mass is 9.72. The van der Waals surface area contributed by atoms with Crippen molar-refractivity contribution in [3.8, 4) is 0 Å². The fraction of sp³-hybridized carbons (Fsp3) is 1.00. The number of nitrogens with one attached hydrogen (secondary N) is 3. The Morgan fingerprint density at radius 2 is 1.04 bits per heavy atom. The van der Waals surface area contributed by atoms with Gasteiger partial charge in [-0.1, -0.05) is 0 Å². The van der Waals surface area contributed by atoms with E-state index in [-0.39, 0.29) is 11.1 Å². The van der Waals surface area contributed by atoms with Crippen LogP contribution in [0, 0.1) is 11.8 Å². The maximum Gasteiger partial charge on any atom is 0.0130 e. The zero-order valence-electron chi connectivity index (χ0n) is 19.3. The minimum atomic E-state index is 0.246. The van der Waals surface area contributed by atoms with E-state index in [4.69, 9.17) is 0 Å². The van der Waals surface area contributed by atoms with Crippen LogP contribution in [0.25, 0.3) is 0 Å². The molecule has 0 bridgehead atoms. The quantitative estimate of drug-likeness (QED) is 0.529. The Labute approximate surface area is 169 Å². The Bertz CT molecular complexity index is 480. The summed E-state index contributed by atoms with van der Waals surface area (Å²) in [7, 11) is 0. The summed E-state index contributed by atoms with van der Waals surface area (Å²) in [6.07, 6.45) is 12.3. The van der Waals surface area contributed by atoms with Gasteiger partial charge in [-0.05, 0) is 118 Å². The van der Waals surface area contributed by atoms with Crippen LogP contribution in [-0.4, -0.2) is 34.7 Å². The molecule has 0 aromatic carbocycles. The Balaban J connectivity index is 1.34. The molecule has 2 atom stereocenters. The molecule has 3 heteroatoms. The van der Waals surface area contributed by atoms with Crippen molar-refractivity contribution in [2.24, 2.45) is 11.8 Å². The van der Waals surface area contributed by atoms with Gasteiger partial charge in [0.25, 0.3) is 0 Å². The monoisotopic (exact) mass is 377 g/mol. The van der Waals surface area contributed by atoms with Gasteiger partial charge < -0.3 is 16.0 Å². The second-order valence-electron chi connectivity index (χ2n) is 12.5. The molecule has 2 unspecified atom stereocenters. The highest BCUT2D eigenvalue weighted by atomic mass is 15.0. The van der Waals surface area contributed by atoms with Crippen LogP contribution >= 0.6 is 0 Å². The van der Waals surface area contributed by atoms with Gasteiger partial charge in [-0.2, -0.15) is 0 Å². The molecule has 0 amide bonds. The predicted molar refractivity (Wildman–Crippen MR) is 117 cm³/mol. The molecule has 3 fully saturated rings. The van der Waals surface area contributed by atoms with E-state index >= 15 is 0 Å². The van der Waals surface area contributed by atoms with Gasteiger partial charge in [0.05, 0.1) is 0 Å². The topological polar surface area (TPSA) is 36.1 Å². The number of hydrogen-bond donors (Lipinski definition) is 3. The number of rotatable bonds is 9. The minimum Gasteiger partial charge on any atom is -0.309 e. The summed E-state index contributed by atoms with van der Waals surface area (Å²) in [5, 5.41) is 11.7. The molecule has 0 aliphatic heterocycles. The summed E-state index contributed by atoms with van der Waals surface area (Å²) in [6, 6.07) is 2.28. The third-order valence-corrected chi connectivity index (χ3v) is 6.78. The van der Waals surface area contributed by atoms with Crippen molar-refractivity contribution >= 4 is 0 Å². The summed E-state index contributed by atoms with van der Waals surface area (Å²) in [5.74, 6) is 1.79. The van der Waals surface area contributed by atoms with Gasteiger partial charge in [-0.15, -0.1) is 0 Å². The van der Waals surface area contributed by atoms with E-state index < -0.39 is 0 Å². The highest BCUT2D eigenvalue weighted by Gasteiger charge is 2.39. The highest BCUT2D eigenvalue weighted by molar-refractivity contribution is 4.98. The fourth-order valence-electron chi connectivity index (χ4n) is 5.92. The summed E-state index contributed by atoms with van der Waals surface area (Å²) >= 11 is 0. The molecule has 0 heterocycles. The van der Waals surface area contributed by atoms with Crippen LogP contribution in [0.15, 0.2) is 0 Å². The molecule has 0 radical (unpaired) electrons. The molecule has 3 N–H and O–H groups in total. The molecule has 3 aliphatic carbocycles. The third-order valence-electron chi connectivity index (χ3n) is 6.78. The van der Waals surface area contributed by atoms with Crippen LogP contribution in [0.5, 0.6) is 0 Å². The second kappa shape index (κ2) is 7.95. The van der Waals surface area contributed by atoms with Crippen molar-refractivity contribution in [3.63, 3.8) is 0 Å². The van der Waals surface area contributed by atoms with E-state index in [1.54, 1.807) is 0 Å². The first-order valence-corrected chi connectivity index (χ1v) is 11.7. The van der Waals surface area contributed by atoms with E-state index in [0.29, 0.717) is 5.54 Å². The standard InChI is InChI=1S/C24H47N3/c1-22(2,3)25-20-9-8-17(12-20)15-23(4,5)27-21-13-18(14-21)16-24(6,7)26-19-10-11-19/h17-21,25-27H,8-16H2,1-7H3. The maximum absolute atomic E-state index is 4.01. The molecule has 3 saturated carbocycles. The molecule has 3 aliphatic rings. The van der Waals surface area contributed by atoms with E-state index in [1.807, 2.05) is 0 Å². The fourth-order valence-corrected chi connectivity index (χ4v) is 5.92. The van der Waals surface area contributed by atoms with E-state index in [2.05, 4.69) is 64.4 Å². The summed E-state index contributed by atoms with van der Waals surface area (Å²) in [6.45, 7) is 16.5. The summed E-state index contributed by atoms with van der Waals surface area (Å²) < 4.78 is 0. The van der Waals surface area contributed by atoms with Gasteiger partial charge in [-0.25, -0.2) is 0 Å². The van der Waals surface area contributed by atoms with Crippen molar-refractivity contribution in [1.29, 1.82) is 0 Å². The van der Waals surface area contributed by atoms with E-state index in [9.17, 15) is 0 Å². The Morgan fingerprint density at radius 1 is 0.556 bits per heavy atom. The smallest absolute Gasteiger partial charge is 0.0130 e. The molecular formula is C24H47N3. The van der Waals surface area contributed by atoms with Crippen LogP contribution in [0.4, 0.5) is 0 Å². The zero-order valence-corrected chi connectivity index (χ0v) is 19.3. The van der Waals surface area contributed by atoms with Crippen LogP contribution in [-0.2, 0) is 0 Å². The SMILES string of the molecule is CC(C)(C)NC1CCC(CC(C)(C)NC2CC(CC(C)(C)NC3CC3)C2)C1. The van der Waals surface area contributed by atoms with E-state index in [1.165, 1.54) is 57.8 Å². The van der Waals surface area contributed by atoms with E-state index in [0.717, 1.165) is 30.0 Å². The predicted octanol–water partition coefficient (Wildman–Crippen LogP) is 5.00. The van der Waals surface area contributed by atoms with Crippen LogP contribution < -0.4 is 16.0 Å². The maximum atomic E-state index is 4.01. The second-order valence-corrected chi connectivity index (χ2v) is 12.5. The molecule has 158 valence electrons. The first-order valence-electron chi connectivity index (χ1n) is 11.7. The first-order chi connectivity index (χ1) is 12.4. The van der Waals surface area contributed by atoms with Crippen molar-refractivity contribution in [1.82, 2.24) is 16.0 Å². The average molecular weight is 378 g/mol. The normalized spacial score (nSPS) is 32.6. The van der Waals surface area contributed by atoms with Gasteiger partial charge in [0.1, 0.15) is 0 Å². The Hall–Kier alpha value is -0.120. The minimum absolute atomic E-state index is 0.246. The van der Waals surface area contributed by atoms with Gasteiger partial charge in [0.2, 0.25) is 0 Å². The lowest BCUT2D eigenvalue weighted by Crippen LogP contribution is -2.54. The lowest BCUT2D eigenvalue weighted by molar-refractivity contribution is 0.131. The Kier molecular flexibility index (Phi) is 6.36. The highest BCUT2D eigenvalue weighted by Crippen LogP contribution is 2.38. The lowest BCUT2D eigenvalue weighted by Gasteiger charge is -2.45. The van der Waals surface area contributed by atoms with Crippen molar-refractivity contribution in [2.75, 3.05) is 0 Å². The zero-order chi connectivity index (χ0) is 19.9. The first kappa shape index (κ1) is 21.6. The molecule has 3 rings (SSSR count). The van der Waals surface area contributed by atoms with Crippen LogP contribution in [0.3, 0.4) is 0 Å². The largest absolute Gasteiger partial charge is 0.309 e. The van der Waals surface area contributed by atoms with Gasteiger partial charge >= 0.3 is 0 Å². The molecule has 3 nitrogen and oxygen atoms in total. The summed E-state index contributed by atoms with van der Waals surface area (Å²) in [5.41, 5.74) is 0.848. The Morgan fingerprint density at radius 3 is 1.59 bits per heavy atom. The van der Waals surface area contributed by atoms with Crippen LogP contribution in [0.1, 0.15) is 106 Å². The van der Waals surface area contributed by atoms with Crippen molar-refractivity contribution < 1.29 is 0 Å². The molecule has 0 aromatic heterocycles. The van der Waals surface area contributed by atoms with Crippen LogP contribution in [0.2, 0.25) is 0 Å². The summed E-state index contributed by atoms with van der Waals surface area (Å²) in [4.78, 5) is 0.